The van der Waals surface area contributed by atoms with Crippen molar-refractivity contribution in [3.8, 4) is 11.3 Å². The molecule has 2 aromatic heterocycles. The van der Waals surface area contributed by atoms with E-state index in [9.17, 15) is 9.59 Å². The summed E-state index contributed by atoms with van der Waals surface area (Å²) in [7, 11) is 0. The van der Waals surface area contributed by atoms with Gasteiger partial charge in [-0.05, 0) is 25.0 Å². The monoisotopic (exact) mass is 344 g/mol. The second kappa shape index (κ2) is 6.72. The molecule has 25 heavy (non-hydrogen) atoms. The Morgan fingerprint density at radius 2 is 2.08 bits per heavy atom. The lowest BCUT2D eigenvalue weighted by Gasteiger charge is -2.32. The molecule has 0 aromatic carbocycles. The Balaban J connectivity index is 1.50. The highest BCUT2D eigenvalue weighted by Gasteiger charge is 2.37. The Hall–Kier alpha value is -2.61. The number of amides is 2. The minimum absolute atomic E-state index is 0.0173. The van der Waals surface area contributed by atoms with Crippen LogP contribution in [0.3, 0.4) is 0 Å². The predicted molar refractivity (Wildman–Crippen MR) is 87.7 cm³/mol. The molecule has 0 bridgehead atoms. The molecule has 0 spiro atoms. The van der Waals surface area contributed by atoms with E-state index in [1.165, 1.54) is 0 Å². The lowest BCUT2D eigenvalue weighted by Crippen LogP contribution is -2.51. The summed E-state index contributed by atoms with van der Waals surface area (Å²) in [6, 6.07) is 3.08. The van der Waals surface area contributed by atoms with Gasteiger partial charge >= 0.3 is 0 Å². The van der Waals surface area contributed by atoms with Crippen LogP contribution >= 0.6 is 0 Å². The van der Waals surface area contributed by atoms with Gasteiger partial charge in [0.15, 0.2) is 0 Å². The summed E-state index contributed by atoms with van der Waals surface area (Å²) in [6.45, 7) is 2.87. The fourth-order valence-electron chi connectivity index (χ4n) is 3.41. The number of aromatic amines is 1. The first kappa shape index (κ1) is 15.9. The van der Waals surface area contributed by atoms with Crippen molar-refractivity contribution in [3.63, 3.8) is 0 Å². The SMILES string of the molecule is O=C([C@H]1CCCN1C(=O)c1cc(-c2ccoc2)n[nH]1)N1CCOCC1. The number of furan rings is 1. The van der Waals surface area contributed by atoms with Gasteiger partial charge in [0.05, 0.1) is 31.4 Å². The fraction of sp³-hybridized carbons (Fsp3) is 0.471. The zero-order valence-corrected chi connectivity index (χ0v) is 13.8. The Morgan fingerprint density at radius 3 is 2.84 bits per heavy atom. The summed E-state index contributed by atoms with van der Waals surface area (Å²) >= 11 is 0. The maximum absolute atomic E-state index is 12.9. The van der Waals surface area contributed by atoms with Crippen molar-refractivity contribution in [1.29, 1.82) is 0 Å². The Kier molecular flexibility index (Phi) is 4.27. The van der Waals surface area contributed by atoms with E-state index in [1.54, 1.807) is 34.5 Å². The molecular formula is C17H20N4O4. The summed E-state index contributed by atoms with van der Waals surface area (Å²) in [4.78, 5) is 29.1. The molecule has 2 aliphatic rings. The number of morpholine rings is 1. The number of aromatic nitrogens is 2. The minimum Gasteiger partial charge on any atom is -0.472 e. The number of rotatable bonds is 3. The molecule has 132 valence electrons. The van der Waals surface area contributed by atoms with Crippen molar-refractivity contribution in [2.45, 2.75) is 18.9 Å². The van der Waals surface area contributed by atoms with Gasteiger partial charge in [0.1, 0.15) is 11.7 Å². The third-order valence-electron chi connectivity index (χ3n) is 4.75. The van der Waals surface area contributed by atoms with Gasteiger partial charge < -0.3 is 19.0 Å². The number of likely N-dealkylation sites (tertiary alicyclic amines) is 1. The molecular weight excluding hydrogens is 324 g/mol. The van der Waals surface area contributed by atoms with E-state index in [-0.39, 0.29) is 11.8 Å². The van der Waals surface area contributed by atoms with Crippen molar-refractivity contribution >= 4 is 11.8 Å². The zero-order valence-electron chi connectivity index (χ0n) is 13.8. The van der Waals surface area contributed by atoms with Crippen LogP contribution in [-0.2, 0) is 9.53 Å². The molecule has 0 saturated carbocycles. The molecule has 0 radical (unpaired) electrons. The summed E-state index contributed by atoms with van der Waals surface area (Å²) in [5, 5.41) is 6.95. The summed E-state index contributed by atoms with van der Waals surface area (Å²) in [5.41, 5.74) is 1.84. The second-order valence-electron chi connectivity index (χ2n) is 6.27. The first-order valence-electron chi connectivity index (χ1n) is 8.49. The highest BCUT2D eigenvalue weighted by Crippen LogP contribution is 2.24. The molecule has 4 rings (SSSR count). The van der Waals surface area contributed by atoms with E-state index >= 15 is 0 Å². The number of carbonyl (C=O) groups excluding carboxylic acids is 2. The Labute approximate surface area is 144 Å². The van der Waals surface area contributed by atoms with E-state index in [4.69, 9.17) is 9.15 Å². The van der Waals surface area contributed by atoms with Crippen LogP contribution in [0.25, 0.3) is 11.3 Å². The van der Waals surface area contributed by atoms with Gasteiger partial charge in [0.2, 0.25) is 5.91 Å². The van der Waals surface area contributed by atoms with Gasteiger partial charge in [-0.25, -0.2) is 0 Å². The molecule has 8 heteroatoms. The van der Waals surface area contributed by atoms with Gasteiger partial charge in [-0.15, -0.1) is 0 Å². The minimum atomic E-state index is -0.397. The largest absolute Gasteiger partial charge is 0.472 e. The smallest absolute Gasteiger partial charge is 0.272 e. The molecule has 2 aromatic rings. The lowest BCUT2D eigenvalue weighted by molar-refractivity contribution is -0.139. The Morgan fingerprint density at radius 1 is 1.24 bits per heavy atom. The third-order valence-corrected chi connectivity index (χ3v) is 4.75. The molecule has 0 unspecified atom stereocenters. The van der Waals surface area contributed by atoms with E-state index in [2.05, 4.69) is 10.2 Å². The first-order chi connectivity index (χ1) is 12.2. The highest BCUT2D eigenvalue weighted by atomic mass is 16.5. The molecule has 4 heterocycles. The van der Waals surface area contributed by atoms with Crippen molar-refractivity contribution in [2.24, 2.45) is 0 Å². The fourth-order valence-corrected chi connectivity index (χ4v) is 3.41. The number of ether oxygens (including phenoxy) is 1. The second-order valence-corrected chi connectivity index (χ2v) is 6.27. The summed E-state index contributed by atoms with van der Waals surface area (Å²) in [5.74, 6) is -0.171. The number of hydrogen-bond donors (Lipinski definition) is 1. The molecule has 0 aliphatic carbocycles. The van der Waals surface area contributed by atoms with Crippen LogP contribution in [-0.4, -0.2) is 70.7 Å². The quantitative estimate of drug-likeness (QED) is 0.901. The van der Waals surface area contributed by atoms with Crippen molar-refractivity contribution < 1.29 is 18.7 Å². The van der Waals surface area contributed by atoms with Crippen molar-refractivity contribution in [2.75, 3.05) is 32.8 Å². The average Bonchev–Trinajstić information content (AvgIpc) is 3.42. The molecule has 8 nitrogen and oxygen atoms in total. The summed E-state index contributed by atoms with van der Waals surface area (Å²) in [6.07, 6.45) is 4.66. The lowest BCUT2D eigenvalue weighted by atomic mass is 10.1. The molecule has 1 atom stereocenters. The average molecular weight is 344 g/mol. The number of H-pyrrole nitrogens is 1. The Bertz CT molecular complexity index is 749. The molecule has 2 saturated heterocycles. The van der Waals surface area contributed by atoms with Crippen LogP contribution in [0.15, 0.2) is 29.1 Å². The topological polar surface area (TPSA) is 91.7 Å². The number of carbonyl (C=O) groups is 2. The number of nitrogens with one attached hydrogen (secondary N) is 1. The first-order valence-corrected chi connectivity index (χ1v) is 8.49. The zero-order chi connectivity index (χ0) is 17.2. The third kappa shape index (κ3) is 3.05. The van der Waals surface area contributed by atoms with Gasteiger partial charge in [0.25, 0.3) is 5.91 Å². The maximum Gasteiger partial charge on any atom is 0.272 e. The molecule has 2 aliphatic heterocycles. The standard InChI is InChI=1S/C17H20N4O4/c22-16(14-10-13(18-19-14)12-3-7-25-11-12)21-4-1-2-15(21)17(23)20-5-8-24-9-6-20/h3,7,10-11,15H,1-2,4-6,8-9H2,(H,18,19)/t15-/m1/s1. The van der Waals surface area contributed by atoms with Crippen LogP contribution in [0.2, 0.25) is 0 Å². The number of nitrogens with zero attached hydrogens (tertiary/aromatic N) is 3. The van der Waals surface area contributed by atoms with Crippen molar-refractivity contribution in [3.05, 3.63) is 30.4 Å². The molecule has 1 N–H and O–H groups in total. The van der Waals surface area contributed by atoms with Crippen molar-refractivity contribution in [1.82, 2.24) is 20.0 Å². The van der Waals surface area contributed by atoms with Crippen LogP contribution in [0.4, 0.5) is 0 Å². The predicted octanol–water partition coefficient (Wildman–Crippen LogP) is 1.13. The van der Waals surface area contributed by atoms with Crippen LogP contribution in [0.1, 0.15) is 23.3 Å². The normalized spacial score (nSPS) is 20.9. The summed E-state index contributed by atoms with van der Waals surface area (Å²) < 4.78 is 10.3. The number of hydrogen-bond acceptors (Lipinski definition) is 5. The van der Waals surface area contributed by atoms with Crippen LogP contribution in [0, 0.1) is 0 Å². The highest BCUT2D eigenvalue weighted by molar-refractivity contribution is 5.97. The van der Waals surface area contributed by atoms with Gasteiger partial charge in [-0.2, -0.15) is 5.10 Å². The van der Waals surface area contributed by atoms with E-state index < -0.39 is 6.04 Å². The van der Waals surface area contributed by atoms with Gasteiger partial charge in [-0.3, -0.25) is 14.7 Å². The van der Waals surface area contributed by atoms with E-state index in [1.807, 2.05) is 0 Å². The van der Waals surface area contributed by atoms with Crippen LogP contribution < -0.4 is 0 Å². The van der Waals surface area contributed by atoms with E-state index in [0.29, 0.717) is 50.7 Å². The van der Waals surface area contributed by atoms with Gasteiger partial charge in [-0.1, -0.05) is 0 Å². The van der Waals surface area contributed by atoms with Gasteiger partial charge in [0, 0.05) is 25.2 Å². The maximum atomic E-state index is 12.9. The van der Waals surface area contributed by atoms with Crippen LogP contribution in [0.5, 0.6) is 0 Å². The molecule has 2 amide bonds. The molecule has 2 fully saturated rings. The van der Waals surface area contributed by atoms with E-state index in [0.717, 1.165) is 12.0 Å².